The minimum atomic E-state index is -0.308. The molecule has 0 saturated heterocycles. The minimum absolute atomic E-state index is 0.308. The van der Waals surface area contributed by atoms with Crippen molar-refractivity contribution < 1.29 is 9.53 Å². The minimum Gasteiger partial charge on any atom is -0.465 e. The van der Waals surface area contributed by atoms with E-state index in [4.69, 9.17) is 4.74 Å². The summed E-state index contributed by atoms with van der Waals surface area (Å²) in [6.07, 6.45) is 2.47. The van der Waals surface area contributed by atoms with E-state index in [0.717, 1.165) is 11.1 Å². The summed E-state index contributed by atoms with van der Waals surface area (Å²) in [6, 6.07) is 13.8. The fourth-order valence-corrected chi connectivity index (χ4v) is 2.29. The molecule has 2 nitrogen and oxygen atoms in total. The van der Waals surface area contributed by atoms with Crippen LogP contribution < -0.4 is 0 Å². The van der Waals surface area contributed by atoms with Crippen LogP contribution in [0.5, 0.6) is 0 Å². The zero-order valence-corrected chi connectivity index (χ0v) is 11.8. The second-order valence-electron chi connectivity index (χ2n) is 4.67. The number of hydrogen-bond donors (Lipinski definition) is 0. The van der Waals surface area contributed by atoms with Gasteiger partial charge in [0, 0.05) is 0 Å². The highest BCUT2D eigenvalue weighted by Gasteiger charge is 2.15. The maximum atomic E-state index is 11.9. The van der Waals surface area contributed by atoms with Gasteiger partial charge in [0.1, 0.15) is 0 Å². The first-order chi connectivity index (χ1) is 9.67. The lowest BCUT2D eigenvalue weighted by atomic mass is 9.93. The summed E-state index contributed by atoms with van der Waals surface area (Å²) in [5, 5.41) is 0. The van der Waals surface area contributed by atoms with Crippen LogP contribution in [0.15, 0.2) is 49.0 Å². The monoisotopic (exact) mass is 266 g/mol. The summed E-state index contributed by atoms with van der Waals surface area (Å²) in [7, 11) is 1.40. The number of carbonyl (C=O) groups excluding carboxylic acids is 1. The topological polar surface area (TPSA) is 26.3 Å². The van der Waals surface area contributed by atoms with Crippen molar-refractivity contribution in [1.82, 2.24) is 0 Å². The van der Waals surface area contributed by atoms with Crippen molar-refractivity contribution >= 4 is 12.0 Å². The van der Waals surface area contributed by atoms with Crippen LogP contribution >= 0.6 is 0 Å². The van der Waals surface area contributed by atoms with Gasteiger partial charge in [0.05, 0.1) is 12.7 Å². The van der Waals surface area contributed by atoms with Gasteiger partial charge in [-0.25, -0.2) is 4.79 Å². The number of rotatable bonds is 4. The second-order valence-corrected chi connectivity index (χ2v) is 4.67. The lowest BCUT2D eigenvalue weighted by molar-refractivity contribution is 0.0599. The molecule has 102 valence electrons. The molecule has 2 aromatic carbocycles. The quantitative estimate of drug-likeness (QED) is 0.781. The fourth-order valence-electron chi connectivity index (χ4n) is 2.29. The molecule has 0 saturated carbocycles. The van der Waals surface area contributed by atoms with Gasteiger partial charge >= 0.3 is 5.97 Å². The molecule has 0 atom stereocenters. The van der Waals surface area contributed by atoms with Gasteiger partial charge in [-0.2, -0.15) is 0 Å². The molecule has 0 fully saturated rings. The maximum absolute atomic E-state index is 11.9. The zero-order chi connectivity index (χ0) is 14.5. The summed E-state index contributed by atoms with van der Waals surface area (Å²) < 4.78 is 4.87. The molecular weight excluding hydrogens is 248 g/mol. The smallest absolute Gasteiger partial charge is 0.338 e. The van der Waals surface area contributed by atoms with E-state index in [1.807, 2.05) is 24.3 Å². The molecule has 0 heterocycles. The first-order valence-electron chi connectivity index (χ1n) is 6.54. The first-order valence-corrected chi connectivity index (χ1v) is 6.54. The largest absolute Gasteiger partial charge is 0.465 e. The molecule has 0 radical (unpaired) electrons. The van der Waals surface area contributed by atoms with Crippen LogP contribution in [0.3, 0.4) is 0 Å². The molecule has 0 spiro atoms. The van der Waals surface area contributed by atoms with Crippen LogP contribution in [0.2, 0.25) is 0 Å². The molecule has 0 amide bonds. The first kappa shape index (κ1) is 14.1. The maximum Gasteiger partial charge on any atom is 0.338 e. The van der Waals surface area contributed by atoms with Gasteiger partial charge in [-0.15, -0.1) is 0 Å². The van der Waals surface area contributed by atoms with Crippen LogP contribution in [-0.2, 0) is 11.2 Å². The molecule has 0 aromatic heterocycles. The van der Waals surface area contributed by atoms with E-state index in [1.165, 1.54) is 18.2 Å². The molecule has 2 rings (SSSR count). The highest BCUT2D eigenvalue weighted by molar-refractivity contribution is 5.92. The van der Waals surface area contributed by atoms with E-state index in [0.29, 0.717) is 12.0 Å². The number of carbonyl (C=O) groups is 1. The Hall–Kier alpha value is -2.35. The molecule has 0 aliphatic heterocycles. The number of esters is 1. The number of methoxy groups -OCH3 is 1. The Morgan fingerprint density at radius 1 is 1.20 bits per heavy atom. The van der Waals surface area contributed by atoms with Gasteiger partial charge in [0.15, 0.2) is 0 Å². The highest BCUT2D eigenvalue weighted by atomic mass is 16.5. The van der Waals surface area contributed by atoms with Gasteiger partial charge in [-0.1, -0.05) is 49.1 Å². The molecular formula is C18H18O2. The molecule has 20 heavy (non-hydrogen) atoms. The number of aryl methyl sites for hydroxylation is 1. The van der Waals surface area contributed by atoms with Crippen molar-refractivity contribution in [2.45, 2.75) is 13.3 Å². The van der Waals surface area contributed by atoms with Gasteiger partial charge < -0.3 is 4.74 Å². The summed E-state index contributed by atoms with van der Waals surface area (Å²) in [6.45, 7) is 5.90. The SMILES string of the molecule is C=Cc1cccc(C(=O)OC)c1Cc1ccccc1C. The molecule has 0 unspecified atom stereocenters. The van der Waals surface area contributed by atoms with E-state index >= 15 is 0 Å². The molecule has 2 heteroatoms. The third kappa shape index (κ3) is 2.80. The zero-order valence-electron chi connectivity index (χ0n) is 11.8. The van der Waals surface area contributed by atoms with Crippen LogP contribution in [0.4, 0.5) is 0 Å². The van der Waals surface area contributed by atoms with Crippen LogP contribution in [-0.4, -0.2) is 13.1 Å². The Labute approximate surface area is 119 Å². The standard InChI is InChI=1S/C18H18O2/c1-4-14-10-7-11-16(18(19)20-3)17(14)12-15-9-6-5-8-13(15)2/h4-11H,1,12H2,2-3H3. The van der Waals surface area contributed by atoms with Crippen molar-refractivity contribution in [1.29, 1.82) is 0 Å². The van der Waals surface area contributed by atoms with Crippen LogP contribution in [0.25, 0.3) is 6.08 Å². The summed E-state index contributed by atoms with van der Waals surface area (Å²) >= 11 is 0. The normalized spacial score (nSPS) is 10.1. The Balaban J connectivity index is 2.51. The van der Waals surface area contributed by atoms with Crippen molar-refractivity contribution in [3.63, 3.8) is 0 Å². The molecule has 0 aliphatic rings. The van der Waals surface area contributed by atoms with Crippen molar-refractivity contribution in [2.75, 3.05) is 7.11 Å². The van der Waals surface area contributed by atoms with E-state index in [2.05, 4.69) is 25.6 Å². The van der Waals surface area contributed by atoms with E-state index in [-0.39, 0.29) is 5.97 Å². The third-order valence-corrected chi connectivity index (χ3v) is 3.47. The molecule has 2 aromatic rings. The van der Waals surface area contributed by atoms with Gasteiger partial charge in [0.2, 0.25) is 0 Å². The number of benzene rings is 2. The van der Waals surface area contributed by atoms with Crippen molar-refractivity contribution in [3.8, 4) is 0 Å². The van der Waals surface area contributed by atoms with E-state index in [9.17, 15) is 4.79 Å². The van der Waals surface area contributed by atoms with Gasteiger partial charge in [0.25, 0.3) is 0 Å². The van der Waals surface area contributed by atoms with E-state index < -0.39 is 0 Å². The molecule has 0 bridgehead atoms. The second kappa shape index (κ2) is 6.20. The summed E-state index contributed by atoms with van der Waals surface area (Å²) in [5.41, 5.74) is 4.95. The van der Waals surface area contributed by atoms with Gasteiger partial charge in [-0.3, -0.25) is 0 Å². The number of hydrogen-bond acceptors (Lipinski definition) is 2. The lowest BCUT2D eigenvalue weighted by Gasteiger charge is -2.13. The fraction of sp³-hybridized carbons (Fsp3) is 0.167. The predicted molar refractivity (Wildman–Crippen MR) is 81.9 cm³/mol. The summed E-state index contributed by atoms with van der Waals surface area (Å²) in [5.74, 6) is -0.308. The highest BCUT2D eigenvalue weighted by Crippen LogP contribution is 2.22. The van der Waals surface area contributed by atoms with Crippen LogP contribution in [0.1, 0.15) is 32.6 Å². The summed E-state index contributed by atoms with van der Waals surface area (Å²) in [4.78, 5) is 11.9. The Bertz CT molecular complexity index is 642. The van der Waals surface area contributed by atoms with Crippen molar-refractivity contribution in [2.24, 2.45) is 0 Å². The average molecular weight is 266 g/mol. The average Bonchev–Trinajstić information content (AvgIpc) is 2.49. The Kier molecular flexibility index (Phi) is 4.36. The molecule has 0 N–H and O–H groups in total. The third-order valence-electron chi connectivity index (χ3n) is 3.47. The van der Waals surface area contributed by atoms with Crippen molar-refractivity contribution in [3.05, 3.63) is 76.9 Å². The Morgan fingerprint density at radius 3 is 2.60 bits per heavy atom. The molecule has 0 aliphatic carbocycles. The Morgan fingerprint density at radius 2 is 1.95 bits per heavy atom. The predicted octanol–water partition coefficient (Wildman–Crippen LogP) is 4.02. The number of ether oxygens (including phenoxy) is 1. The van der Waals surface area contributed by atoms with Crippen LogP contribution in [0, 0.1) is 6.92 Å². The lowest BCUT2D eigenvalue weighted by Crippen LogP contribution is -2.08. The van der Waals surface area contributed by atoms with E-state index in [1.54, 1.807) is 12.1 Å². The van der Waals surface area contributed by atoms with Gasteiger partial charge in [-0.05, 0) is 41.7 Å².